The van der Waals surface area contributed by atoms with Gasteiger partial charge in [-0.25, -0.2) is 0 Å². The summed E-state index contributed by atoms with van der Waals surface area (Å²) in [5.41, 5.74) is 11.6. The lowest BCUT2D eigenvalue weighted by Crippen LogP contribution is -2.30. The first-order chi connectivity index (χ1) is 19.2. The molecule has 5 heteroatoms. The number of hydrogen-bond acceptors (Lipinski definition) is 5. The Kier molecular flexibility index (Phi) is 33.3. The van der Waals surface area contributed by atoms with E-state index < -0.39 is 0 Å². The highest BCUT2D eigenvalue weighted by Crippen LogP contribution is 2.13. The fourth-order valence-electron chi connectivity index (χ4n) is 5.32. The zero-order valence-electron chi connectivity index (χ0n) is 26.6. The van der Waals surface area contributed by atoms with Crippen LogP contribution in [0, 0.1) is 0 Å². The van der Waals surface area contributed by atoms with Crippen LogP contribution in [-0.2, 0) is 4.79 Å². The molecule has 0 bridgehead atoms. The minimum Gasteiger partial charge on any atom is -0.330 e. The van der Waals surface area contributed by atoms with Gasteiger partial charge in [0.05, 0.1) is 6.04 Å². The van der Waals surface area contributed by atoms with Gasteiger partial charge in [-0.2, -0.15) is 0 Å². The van der Waals surface area contributed by atoms with Crippen molar-refractivity contribution < 1.29 is 4.79 Å². The lowest BCUT2D eigenvalue weighted by molar-refractivity contribution is -0.120. The third-order valence-corrected chi connectivity index (χ3v) is 8.07. The zero-order chi connectivity index (χ0) is 28.5. The number of unbranched alkanes of at least 4 members (excludes halogenated alkanes) is 20. The Morgan fingerprint density at radius 3 is 1.31 bits per heavy atom. The Labute approximate surface area is 245 Å². The van der Waals surface area contributed by atoms with E-state index in [0.29, 0.717) is 6.42 Å². The Hall–Kier alpha value is -0.490. The molecule has 5 nitrogen and oxygen atoms in total. The maximum absolute atomic E-state index is 12.3. The van der Waals surface area contributed by atoms with Crippen LogP contribution in [0.15, 0.2) is 0 Å². The molecule has 234 valence electrons. The van der Waals surface area contributed by atoms with E-state index >= 15 is 0 Å². The SMILES string of the molecule is CCCCCCCCCCCCCCCCNCCCC[C@H](N)C(=O)CCCCCCCCCNCCCN. The summed E-state index contributed by atoms with van der Waals surface area (Å²) >= 11 is 0. The minimum atomic E-state index is -0.248. The third-order valence-electron chi connectivity index (χ3n) is 8.07. The fourth-order valence-corrected chi connectivity index (χ4v) is 5.32. The predicted molar refractivity (Wildman–Crippen MR) is 173 cm³/mol. The molecule has 0 saturated heterocycles. The maximum Gasteiger partial charge on any atom is 0.149 e. The molecular weight excluding hydrogens is 480 g/mol. The Balaban J connectivity index is 3.25. The minimum absolute atomic E-state index is 0.248. The number of rotatable bonds is 34. The highest BCUT2D eigenvalue weighted by atomic mass is 16.1. The van der Waals surface area contributed by atoms with E-state index in [1.807, 2.05) is 0 Å². The Morgan fingerprint density at radius 2 is 0.872 bits per heavy atom. The molecular formula is C34H72N4O. The van der Waals surface area contributed by atoms with Gasteiger partial charge in [-0.3, -0.25) is 4.79 Å². The molecule has 0 fully saturated rings. The van der Waals surface area contributed by atoms with Crippen molar-refractivity contribution in [3.63, 3.8) is 0 Å². The van der Waals surface area contributed by atoms with Crippen LogP contribution in [0.2, 0.25) is 0 Å². The molecule has 0 aliphatic rings. The first-order valence-corrected chi connectivity index (χ1v) is 17.6. The molecule has 39 heavy (non-hydrogen) atoms. The van der Waals surface area contributed by atoms with Gasteiger partial charge in [0.15, 0.2) is 0 Å². The highest BCUT2D eigenvalue weighted by Gasteiger charge is 2.12. The summed E-state index contributed by atoms with van der Waals surface area (Å²) in [5, 5.41) is 7.01. The summed E-state index contributed by atoms with van der Waals surface area (Å²) in [6, 6.07) is -0.248. The Bertz CT molecular complexity index is 474. The van der Waals surface area contributed by atoms with Crippen LogP contribution in [0.4, 0.5) is 0 Å². The van der Waals surface area contributed by atoms with Crippen LogP contribution >= 0.6 is 0 Å². The van der Waals surface area contributed by atoms with Crippen LogP contribution in [0.3, 0.4) is 0 Å². The van der Waals surface area contributed by atoms with Gasteiger partial charge in [0.1, 0.15) is 5.78 Å². The number of carbonyl (C=O) groups excluding carboxylic acids is 1. The Morgan fingerprint density at radius 1 is 0.513 bits per heavy atom. The summed E-state index contributed by atoms with van der Waals surface area (Å²) in [4.78, 5) is 12.3. The second-order valence-corrected chi connectivity index (χ2v) is 12.0. The van der Waals surface area contributed by atoms with Crippen molar-refractivity contribution in [3.8, 4) is 0 Å². The maximum atomic E-state index is 12.3. The van der Waals surface area contributed by atoms with E-state index in [0.717, 1.165) is 71.2 Å². The van der Waals surface area contributed by atoms with E-state index in [9.17, 15) is 4.79 Å². The summed E-state index contributed by atoms with van der Waals surface area (Å²) in [6.07, 6.45) is 33.1. The first-order valence-electron chi connectivity index (χ1n) is 17.6. The number of nitrogens with one attached hydrogen (secondary N) is 2. The van der Waals surface area contributed by atoms with Gasteiger partial charge in [-0.05, 0) is 71.2 Å². The molecule has 0 aliphatic carbocycles. The molecule has 0 aromatic heterocycles. The van der Waals surface area contributed by atoms with Gasteiger partial charge in [0.25, 0.3) is 0 Å². The lowest BCUT2D eigenvalue weighted by Gasteiger charge is -2.11. The van der Waals surface area contributed by atoms with Gasteiger partial charge >= 0.3 is 0 Å². The molecule has 6 N–H and O–H groups in total. The quantitative estimate of drug-likeness (QED) is 0.0604. The smallest absolute Gasteiger partial charge is 0.149 e. The molecule has 0 radical (unpaired) electrons. The van der Waals surface area contributed by atoms with E-state index in [1.54, 1.807) is 0 Å². The average Bonchev–Trinajstić information content (AvgIpc) is 2.94. The first kappa shape index (κ1) is 38.5. The van der Waals surface area contributed by atoms with Crippen molar-refractivity contribution in [1.29, 1.82) is 0 Å². The largest absolute Gasteiger partial charge is 0.330 e. The molecule has 1 atom stereocenters. The van der Waals surface area contributed by atoms with Gasteiger partial charge in [-0.1, -0.05) is 129 Å². The van der Waals surface area contributed by atoms with Gasteiger partial charge in [-0.15, -0.1) is 0 Å². The molecule has 0 heterocycles. The predicted octanol–water partition coefficient (Wildman–Crippen LogP) is 8.18. The van der Waals surface area contributed by atoms with Gasteiger partial charge < -0.3 is 22.1 Å². The van der Waals surface area contributed by atoms with Crippen molar-refractivity contribution in [2.45, 2.75) is 180 Å². The van der Waals surface area contributed by atoms with Crippen molar-refractivity contribution >= 4 is 5.78 Å². The number of ketones is 1. The van der Waals surface area contributed by atoms with E-state index in [-0.39, 0.29) is 11.8 Å². The van der Waals surface area contributed by atoms with Gasteiger partial charge in [0, 0.05) is 6.42 Å². The van der Waals surface area contributed by atoms with E-state index in [4.69, 9.17) is 11.5 Å². The second kappa shape index (κ2) is 33.7. The number of Topliss-reactive ketones (excluding diaryl/α,β-unsaturated/α-hetero) is 1. The standard InChI is InChI=1S/C34H72N4O/c1-2-3-4-5-6-7-8-9-10-11-12-15-18-22-29-37-31-24-21-26-33(36)34(39)27-20-17-14-13-16-19-23-30-38-32-25-28-35/h33,37-38H,2-32,35-36H2,1H3/t33-/m0/s1. The van der Waals surface area contributed by atoms with Crippen molar-refractivity contribution in [2.24, 2.45) is 11.5 Å². The molecule has 0 rings (SSSR count). The molecule has 0 spiro atoms. The van der Waals surface area contributed by atoms with Crippen LogP contribution in [0.5, 0.6) is 0 Å². The molecule has 0 unspecified atom stereocenters. The third kappa shape index (κ3) is 31.9. The number of hydrogen-bond donors (Lipinski definition) is 4. The molecule has 0 saturated carbocycles. The molecule has 0 amide bonds. The normalized spacial score (nSPS) is 12.3. The summed E-state index contributed by atoms with van der Waals surface area (Å²) in [5.74, 6) is 0.272. The van der Waals surface area contributed by atoms with Crippen LogP contribution in [0.1, 0.15) is 174 Å². The van der Waals surface area contributed by atoms with Crippen LogP contribution in [-0.4, -0.2) is 44.5 Å². The van der Waals surface area contributed by atoms with Crippen molar-refractivity contribution in [1.82, 2.24) is 10.6 Å². The molecule has 0 aromatic carbocycles. The number of nitrogens with two attached hydrogens (primary N) is 2. The average molecular weight is 553 g/mol. The van der Waals surface area contributed by atoms with Crippen molar-refractivity contribution in [2.75, 3.05) is 32.7 Å². The van der Waals surface area contributed by atoms with Crippen LogP contribution < -0.4 is 22.1 Å². The molecule has 0 aliphatic heterocycles. The summed E-state index contributed by atoms with van der Waals surface area (Å²) in [7, 11) is 0. The van der Waals surface area contributed by atoms with Crippen LogP contribution in [0.25, 0.3) is 0 Å². The van der Waals surface area contributed by atoms with Gasteiger partial charge in [0.2, 0.25) is 0 Å². The van der Waals surface area contributed by atoms with Crippen molar-refractivity contribution in [3.05, 3.63) is 0 Å². The monoisotopic (exact) mass is 553 g/mol. The lowest BCUT2D eigenvalue weighted by atomic mass is 10.0. The summed E-state index contributed by atoms with van der Waals surface area (Å²) in [6.45, 7) is 7.42. The fraction of sp³-hybridized carbons (Fsp3) is 0.971. The second-order valence-electron chi connectivity index (χ2n) is 12.0. The van der Waals surface area contributed by atoms with E-state index in [1.165, 1.54) is 122 Å². The zero-order valence-corrected chi connectivity index (χ0v) is 26.6. The summed E-state index contributed by atoms with van der Waals surface area (Å²) < 4.78 is 0. The topological polar surface area (TPSA) is 93.2 Å². The highest BCUT2D eigenvalue weighted by molar-refractivity contribution is 5.83. The molecule has 0 aromatic rings. The number of carbonyl (C=O) groups is 1. The van der Waals surface area contributed by atoms with E-state index in [2.05, 4.69) is 17.6 Å².